The lowest BCUT2D eigenvalue weighted by Gasteiger charge is -2.07. The Morgan fingerprint density at radius 1 is 1.25 bits per heavy atom. The second-order valence-electron chi connectivity index (χ2n) is 2.91. The smallest absolute Gasteiger partial charge is 0.1000 e. The maximum absolute atomic E-state index is 3.71. The first-order valence-corrected chi connectivity index (χ1v) is 4.13. The van der Waals surface area contributed by atoms with E-state index < -0.39 is 0 Å². The maximum atomic E-state index is 3.71. The Labute approximate surface area is 72.3 Å². The molecule has 12 heavy (non-hydrogen) atoms. The van der Waals surface area contributed by atoms with Crippen LogP contribution in [0.1, 0.15) is 6.42 Å². The van der Waals surface area contributed by atoms with E-state index in [9.17, 15) is 0 Å². The molecule has 0 spiro atoms. The normalized spacial score (nSPS) is 14.7. The zero-order valence-corrected chi connectivity index (χ0v) is 6.88. The first-order chi connectivity index (χ1) is 5.90. The first kappa shape index (κ1) is 7.22. The topological polar surface area (TPSA) is 24.1 Å². The third kappa shape index (κ3) is 1.16. The highest BCUT2D eigenvalue weighted by molar-refractivity contribution is 5.74. The van der Waals surface area contributed by atoms with E-state index in [-0.39, 0.29) is 0 Å². The molecule has 0 saturated heterocycles. The Kier molecular flexibility index (Phi) is 1.74. The van der Waals surface area contributed by atoms with E-state index in [1.165, 1.54) is 11.4 Å². The molecule has 0 radical (unpaired) electrons. The molecule has 0 fully saturated rings. The molecule has 0 saturated carbocycles. The maximum Gasteiger partial charge on any atom is 0.1000 e. The van der Waals surface area contributed by atoms with Crippen LogP contribution in [0.15, 0.2) is 36.9 Å². The lowest BCUT2D eigenvalue weighted by atomic mass is 10.3. The highest BCUT2D eigenvalue weighted by Crippen LogP contribution is 2.28. The van der Waals surface area contributed by atoms with E-state index in [0.29, 0.717) is 6.17 Å². The summed E-state index contributed by atoms with van der Waals surface area (Å²) < 4.78 is 0. The fraction of sp³-hybridized carbons (Fsp3) is 0.200. The Hall–Kier alpha value is -1.44. The van der Waals surface area contributed by atoms with Crippen LogP contribution in [0.5, 0.6) is 0 Å². The van der Waals surface area contributed by atoms with Crippen molar-refractivity contribution >= 4 is 11.4 Å². The molecule has 0 aromatic heterocycles. The molecule has 62 valence electrons. The Balaban J connectivity index is 2.16. The van der Waals surface area contributed by atoms with E-state index in [0.717, 1.165) is 6.42 Å². The molecule has 0 atom stereocenters. The van der Waals surface area contributed by atoms with E-state index in [1.807, 2.05) is 18.2 Å². The minimum Gasteiger partial charge on any atom is -0.363 e. The van der Waals surface area contributed by atoms with Crippen LogP contribution in [-0.2, 0) is 0 Å². The Morgan fingerprint density at radius 3 is 2.33 bits per heavy atom. The third-order valence-electron chi connectivity index (χ3n) is 1.99. The lowest BCUT2D eigenvalue weighted by molar-refractivity contribution is 0.859. The van der Waals surface area contributed by atoms with Crippen molar-refractivity contribution in [3.05, 3.63) is 36.9 Å². The van der Waals surface area contributed by atoms with Gasteiger partial charge < -0.3 is 10.6 Å². The largest absolute Gasteiger partial charge is 0.363 e. The Morgan fingerprint density at radius 2 is 1.83 bits per heavy atom. The monoisotopic (exact) mass is 160 g/mol. The van der Waals surface area contributed by atoms with Gasteiger partial charge in [0, 0.05) is 6.42 Å². The molecule has 2 N–H and O–H groups in total. The summed E-state index contributed by atoms with van der Waals surface area (Å²) in [6.07, 6.45) is 3.17. The molecule has 2 heteroatoms. The van der Waals surface area contributed by atoms with Crippen LogP contribution in [0.2, 0.25) is 0 Å². The molecular formula is C10H12N2. The van der Waals surface area contributed by atoms with E-state index in [1.54, 1.807) is 0 Å². The summed E-state index contributed by atoms with van der Waals surface area (Å²) in [5.74, 6) is 0. The second kappa shape index (κ2) is 2.89. The molecule has 2 nitrogen and oxygen atoms in total. The van der Waals surface area contributed by atoms with Crippen molar-refractivity contribution in [1.29, 1.82) is 0 Å². The number of anilines is 2. The zero-order chi connectivity index (χ0) is 8.39. The number of rotatable bonds is 2. The molecular weight excluding hydrogens is 148 g/mol. The summed E-state index contributed by atoms with van der Waals surface area (Å²) in [5, 5.41) is 6.71. The summed E-state index contributed by atoms with van der Waals surface area (Å²) in [6.45, 7) is 3.71. The first-order valence-electron chi connectivity index (χ1n) is 4.13. The number of para-hydroxylation sites is 2. The van der Waals surface area contributed by atoms with Gasteiger partial charge in [-0.15, -0.1) is 6.58 Å². The van der Waals surface area contributed by atoms with Gasteiger partial charge in [-0.2, -0.15) is 0 Å². The minimum absolute atomic E-state index is 0.319. The summed E-state index contributed by atoms with van der Waals surface area (Å²) in [4.78, 5) is 0. The van der Waals surface area contributed by atoms with Gasteiger partial charge in [-0.25, -0.2) is 0 Å². The molecule has 0 bridgehead atoms. The second-order valence-corrected chi connectivity index (χ2v) is 2.91. The van der Waals surface area contributed by atoms with Gasteiger partial charge in [-0.3, -0.25) is 0 Å². The van der Waals surface area contributed by atoms with Gasteiger partial charge in [0.1, 0.15) is 0 Å². The summed E-state index contributed by atoms with van der Waals surface area (Å²) >= 11 is 0. The quantitative estimate of drug-likeness (QED) is 0.649. The van der Waals surface area contributed by atoms with Crippen LogP contribution in [0.25, 0.3) is 0 Å². The van der Waals surface area contributed by atoms with Crippen molar-refractivity contribution in [2.24, 2.45) is 0 Å². The Bertz CT molecular complexity index is 269. The lowest BCUT2D eigenvalue weighted by Crippen LogP contribution is -2.20. The number of hydrogen-bond donors (Lipinski definition) is 2. The SMILES string of the molecule is C=CCC1Nc2ccccc2N1. The van der Waals surface area contributed by atoms with Crippen LogP contribution < -0.4 is 10.6 Å². The molecule has 0 aliphatic carbocycles. The van der Waals surface area contributed by atoms with Gasteiger partial charge in [0.25, 0.3) is 0 Å². The number of nitrogens with one attached hydrogen (secondary N) is 2. The summed E-state index contributed by atoms with van der Waals surface area (Å²) in [7, 11) is 0. The van der Waals surface area contributed by atoms with Gasteiger partial charge in [0.05, 0.1) is 17.5 Å². The summed E-state index contributed by atoms with van der Waals surface area (Å²) in [5.41, 5.74) is 2.37. The molecule has 1 heterocycles. The fourth-order valence-electron chi connectivity index (χ4n) is 1.43. The van der Waals surface area contributed by atoms with Crippen LogP contribution in [-0.4, -0.2) is 6.17 Å². The molecule has 1 aliphatic heterocycles. The van der Waals surface area contributed by atoms with Gasteiger partial charge >= 0.3 is 0 Å². The van der Waals surface area contributed by atoms with Crippen molar-refractivity contribution in [1.82, 2.24) is 0 Å². The third-order valence-corrected chi connectivity index (χ3v) is 1.99. The number of hydrogen-bond acceptors (Lipinski definition) is 2. The minimum atomic E-state index is 0.319. The van der Waals surface area contributed by atoms with Crippen molar-refractivity contribution in [3.63, 3.8) is 0 Å². The van der Waals surface area contributed by atoms with E-state index in [4.69, 9.17) is 0 Å². The van der Waals surface area contributed by atoms with Crippen molar-refractivity contribution < 1.29 is 0 Å². The van der Waals surface area contributed by atoms with Crippen LogP contribution in [0, 0.1) is 0 Å². The molecule has 0 amide bonds. The van der Waals surface area contributed by atoms with E-state index >= 15 is 0 Å². The zero-order valence-electron chi connectivity index (χ0n) is 6.88. The summed E-state index contributed by atoms with van der Waals surface area (Å²) in [6, 6.07) is 8.21. The highest BCUT2D eigenvalue weighted by Gasteiger charge is 2.16. The molecule has 2 rings (SSSR count). The standard InChI is InChI=1S/C10H12N2/c1-2-5-10-11-8-6-3-4-7-9(8)12-10/h2-4,6-7,10-12H,1,5H2. The van der Waals surface area contributed by atoms with Crippen molar-refractivity contribution in [2.75, 3.05) is 10.6 Å². The fourth-order valence-corrected chi connectivity index (χ4v) is 1.43. The molecule has 1 aliphatic rings. The predicted octanol–water partition coefficient (Wildman–Crippen LogP) is 2.43. The van der Waals surface area contributed by atoms with Gasteiger partial charge in [0.15, 0.2) is 0 Å². The molecule has 1 aromatic carbocycles. The number of benzene rings is 1. The average molecular weight is 160 g/mol. The predicted molar refractivity (Wildman–Crippen MR) is 52.3 cm³/mol. The number of fused-ring (bicyclic) bond motifs is 1. The van der Waals surface area contributed by atoms with Crippen LogP contribution in [0.4, 0.5) is 11.4 Å². The molecule has 0 unspecified atom stereocenters. The van der Waals surface area contributed by atoms with Gasteiger partial charge in [-0.1, -0.05) is 18.2 Å². The molecule has 1 aromatic rings. The average Bonchev–Trinajstić information content (AvgIpc) is 2.47. The van der Waals surface area contributed by atoms with E-state index in [2.05, 4.69) is 29.3 Å². The highest BCUT2D eigenvalue weighted by atomic mass is 15.2. The van der Waals surface area contributed by atoms with Crippen LogP contribution in [0.3, 0.4) is 0 Å². The van der Waals surface area contributed by atoms with Crippen molar-refractivity contribution in [3.8, 4) is 0 Å². The van der Waals surface area contributed by atoms with Gasteiger partial charge in [-0.05, 0) is 12.1 Å². The van der Waals surface area contributed by atoms with Crippen LogP contribution >= 0.6 is 0 Å². The van der Waals surface area contributed by atoms with Gasteiger partial charge in [0.2, 0.25) is 0 Å². The van der Waals surface area contributed by atoms with Crippen molar-refractivity contribution in [2.45, 2.75) is 12.6 Å².